The highest BCUT2D eigenvalue weighted by Crippen LogP contribution is 2.21. The molecule has 0 aromatic rings. The molecule has 0 rings (SSSR count). The fourth-order valence-electron chi connectivity index (χ4n) is 1.65. The highest BCUT2D eigenvalue weighted by atomic mass is 32.2. The zero-order chi connectivity index (χ0) is 13.6. The molecule has 0 aliphatic rings. The van der Waals surface area contributed by atoms with Gasteiger partial charge in [0.25, 0.3) is 0 Å². The van der Waals surface area contributed by atoms with Gasteiger partial charge in [-0.2, -0.15) is 0 Å². The van der Waals surface area contributed by atoms with Crippen molar-refractivity contribution in [3.8, 4) is 0 Å². The Hall–Kier alpha value is -1.11. The van der Waals surface area contributed by atoms with Crippen LogP contribution in [-0.4, -0.2) is 41.1 Å². The Kier molecular flexibility index (Phi) is 6.15. The van der Waals surface area contributed by atoms with E-state index in [0.717, 1.165) is 0 Å². The second-order valence-corrected chi connectivity index (χ2v) is 6.36. The number of aliphatic carboxylic acids is 2. The first kappa shape index (κ1) is 15.9. The summed E-state index contributed by atoms with van der Waals surface area (Å²) in [7, 11) is -3.72. The Morgan fingerprint density at radius 3 is 1.41 bits per heavy atom. The molecule has 0 saturated heterocycles. The minimum Gasteiger partial charge on any atom is -0.481 e. The third-order valence-electron chi connectivity index (χ3n) is 2.64. The topological polar surface area (TPSA) is 109 Å². The van der Waals surface area contributed by atoms with Gasteiger partial charge in [-0.1, -0.05) is 13.8 Å². The molecule has 2 unspecified atom stereocenters. The van der Waals surface area contributed by atoms with Crippen molar-refractivity contribution in [2.24, 2.45) is 0 Å². The van der Waals surface area contributed by atoms with Crippen LogP contribution >= 0.6 is 0 Å². The van der Waals surface area contributed by atoms with Crippen molar-refractivity contribution in [3.05, 3.63) is 0 Å². The van der Waals surface area contributed by atoms with Crippen LogP contribution in [0.1, 0.15) is 39.5 Å². The highest BCUT2D eigenvalue weighted by molar-refractivity contribution is 7.92. The van der Waals surface area contributed by atoms with E-state index in [0.29, 0.717) is 0 Å². The van der Waals surface area contributed by atoms with Crippen molar-refractivity contribution in [2.75, 3.05) is 0 Å². The third-order valence-corrected chi connectivity index (χ3v) is 5.50. The molecular formula is C10H18O6S. The lowest BCUT2D eigenvalue weighted by atomic mass is 10.2. The molecule has 0 amide bonds. The fraction of sp³-hybridized carbons (Fsp3) is 0.800. The molecule has 0 radical (unpaired) electrons. The van der Waals surface area contributed by atoms with Crippen LogP contribution in [0.3, 0.4) is 0 Å². The molecule has 0 aliphatic carbocycles. The van der Waals surface area contributed by atoms with Gasteiger partial charge in [-0.3, -0.25) is 9.59 Å². The maximum atomic E-state index is 12.0. The minimum absolute atomic E-state index is 0.171. The molecule has 2 N–H and O–H groups in total. The number of carbonyl (C=O) groups is 2. The maximum absolute atomic E-state index is 12.0. The maximum Gasteiger partial charge on any atom is 0.304 e. The number of rotatable bonds is 8. The number of carboxylic acids is 2. The van der Waals surface area contributed by atoms with Crippen molar-refractivity contribution >= 4 is 21.8 Å². The standard InChI is InChI=1S/C10H18O6S/c1-3-7(5-9(11)12)17(15,16)8(4-2)6-10(13)14/h7-8H,3-6H2,1-2H3,(H,11,12)(H,13,14). The van der Waals surface area contributed by atoms with Crippen molar-refractivity contribution in [2.45, 2.75) is 50.0 Å². The van der Waals surface area contributed by atoms with E-state index in [1.165, 1.54) is 0 Å². The van der Waals surface area contributed by atoms with E-state index in [9.17, 15) is 18.0 Å². The van der Waals surface area contributed by atoms with Crippen molar-refractivity contribution in [1.29, 1.82) is 0 Å². The molecule has 100 valence electrons. The predicted octanol–water partition coefficient (Wildman–Crippen LogP) is 0.908. The lowest BCUT2D eigenvalue weighted by molar-refractivity contribution is -0.137. The van der Waals surface area contributed by atoms with E-state index in [4.69, 9.17) is 10.2 Å². The van der Waals surface area contributed by atoms with E-state index in [1.807, 2.05) is 0 Å². The summed E-state index contributed by atoms with van der Waals surface area (Å²) in [5.74, 6) is -2.38. The number of carboxylic acid groups (broad SMARTS) is 2. The molecule has 0 bridgehead atoms. The van der Waals surface area contributed by atoms with Crippen LogP contribution in [0.5, 0.6) is 0 Å². The summed E-state index contributed by atoms with van der Waals surface area (Å²) in [6.07, 6.45) is -0.612. The quantitative estimate of drug-likeness (QED) is 0.675. The Balaban J connectivity index is 5.04. The van der Waals surface area contributed by atoms with Crippen molar-refractivity contribution in [3.63, 3.8) is 0 Å². The molecule has 0 aromatic carbocycles. The highest BCUT2D eigenvalue weighted by Gasteiger charge is 2.34. The van der Waals surface area contributed by atoms with E-state index in [-0.39, 0.29) is 12.8 Å². The van der Waals surface area contributed by atoms with Gasteiger partial charge < -0.3 is 10.2 Å². The van der Waals surface area contributed by atoms with Gasteiger partial charge >= 0.3 is 11.9 Å². The fourth-order valence-corrected chi connectivity index (χ4v) is 3.87. The first-order valence-corrected chi connectivity index (χ1v) is 7.02. The van der Waals surface area contributed by atoms with E-state index in [2.05, 4.69) is 0 Å². The summed E-state index contributed by atoms with van der Waals surface area (Å²) in [5, 5.41) is 15.2. The molecule has 0 aliphatic heterocycles. The molecular weight excluding hydrogens is 248 g/mol. The van der Waals surface area contributed by atoms with E-state index >= 15 is 0 Å². The molecule has 2 atom stereocenters. The average molecular weight is 266 g/mol. The summed E-state index contributed by atoms with van der Waals surface area (Å²) in [5.41, 5.74) is 0. The van der Waals surface area contributed by atoms with E-state index < -0.39 is 45.1 Å². The smallest absolute Gasteiger partial charge is 0.304 e. The molecule has 6 nitrogen and oxygen atoms in total. The lowest BCUT2D eigenvalue weighted by Crippen LogP contribution is -2.34. The Morgan fingerprint density at radius 2 is 1.24 bits per heavy atom. The molecule has 17 heavy (non-hydrogen) atoms. The van der Waals surface area contributed by atoms with Crippen molar-refractivity contribution in [1.82, 2.24) is 0 Å². The van der Waals surface area contributed by atoms with Crippen LogP contribution < -0.4 is 0 Å². The van der Waals surface area contributed by atoms with Crippen LogP contribution in [-0.2, 0) is 19.4 Å². The van der Waals surface area contributed by atoms with Gasteiger partial charge in [-0.15, -0.1) is 0 Å². The first-order valence-electron chi connectivity index (χ1n) is 5.41. The van der Waals surface area contributed by atoms with Gasteiger partial charge in [0.15, 0.2) is 9.84 Å². The van der Waals surface area contributed by atoms with Crippen LogP contribution in [0.4, 0.5) is 0 Å². The van der Waals surface area contributed by atoms with Crippen LogP contribution in [0, 0.1) is 0 Å². The molecule has 0 saturated carbocycles. The number of sulfone groups is 1. The molecule has 0 aromatic heterocycles. The van der Waals surface area contributed by atoms with Gasteiger partial charge in [-0.05, 0) is 12.8 Å². The van der Waals surface area contributed by atoms with Gasteiger partial charge in [0.2, 0.25) is 0 Å². The van der Waals surface area contributed by atoms with Crippen LogP contribution in [0.2, 0.25) is 0 Å². The Bertz CT molecular complexity index is 342. The Morgan fingerprint density at radius 1 is 0.941 bits per heavy atom. The summed E-state index contributed by atoms with van der Waals surface area (Å²) < 4.78 is 24.1. The molecule has 0 fully saturated rings. The van der Waals surface area contributed by atoms with E-state index in [1.54, 1.807) is 13.8 Å². The number of hydrogen-bond acceptors (Lipinski definition) is 4. The molecule has 7 heteroatoms. The SMILES string of the molecule is CCC(CC(=O)O)S(=O)(=O)C(CC)CC(=O)O. The van der Waals surface area contributed by atoms with Crippen LogP contribution in [0.15, 0.2) is 0 Å². The summed E-state index contributed by atoms with van der Waals surface area (Å²) in [6, 6.07) is 0. The summed E-state index contributed by atoms with van der Waals surface area (Å²) >= 11 is 0. The largest absolute Gasteiger partial charge is 0.481 e. The van der Waals surface area contributed by atoms with Gasteiger partial charge in [0.05, 0.1) is 23.3 Å². The van der Waals surface area contributed by atoms with Gasteiger partial charge in [-0.25, -0.2) is 8.42 Å². The molecule has 0 spiro atoms. The number of hydrogen-bond donors (Lipinski definition) is 2. The summed E-state index contributed by atoms with van der Waals surface area (Å²) in [4.78, 5) is 21.1. The monoisotopic (exact) mass is 266 g/mol. The predicted molar refractivity (Wildman–Crippen MR) is 61.6 cm³/mol. The molecule has 0 heterocycles. The second kappa shape index (κ2) is 6.58. The third kappa shape index (κ3) is 4.72. The second-order valence-electron chi connectivity index (χ2n) is 3.85. The van der Waals surface area contributed by atoms with Crippen LogP contribution in [0.25, 0.3) is 0 Å². The zero-order valence-electron chi connectivity index (χ0n) is 9.92. The first-order chi connectivity index (χ1) is 7.75. The van der Waals surface area contributed by atoms with Gasteiger partial charge in [0.1, 0.15) is 0 Å². The normalized spacial score (nSPS) is 15.2. The minimum atomic E-state index is -3.72. The summed E-state index contributed by atoms with van der Waals surface area (Å²) in [6.45, 7) is 3.16. The Labute approximate surface area is 101 Å². The average Bonchev–Trinajstić information content (AvgIpc) is 2.21. The lowest BCUT2D eigenvalue weighted by Gasteiger charge is -2.20. The zero-order valence-corrected chi connectivity index (χ0v) is 10.7. The van der Waals surface area contributed by atoms with Gasteiger partial charge in [0, 0.05) is 0 Å². The van der Waals surface area contributed by atoms with Crippen molar-refractivity contribution < 1.29 is 28.2 Å².